The van der Waals surface area contributed by atoms with Gasteiger partial charge in [-0.15, -0.1) is 0 Å². The second-order valence-corrected chi connectivity index (χ2v) is 2.74. The van der Waals surface area contributed by atoms with Crippen LogP contribution < -0.4 is 0 Å². The minimum atomic E-state index is 0.763. The first-order valence-electron chi connectivity index (χ1n) is 4.17. The van der Waals surface area contributed by atoms with E-state index in [1.807, 2.05) is 24.3 Å². The van der Waals surface area contributed by atoms with Crippen molar-refractivity contribution in [3.05, 3.63) is 49.3 Å². The highest BCUT2D eigenvalue weighted by atomic mass is 16.3. The van der Waals surface area contributed by atoms with E-state index in [1.165, 1.54) is 6.39 Å². The highest BCUT2D eigenvalue weighted by Gasteiger charge is 1.99. The zero-order valence-corrected chi connectivity index (χ0v) is 7.53. The zero-order valence-electron chi connectivity index (χ0n) is 7.53. The molecule has 0 unspecified atom stereocenters. The van der Waals surface area contributed by atoms with Gasteiger partial charge in [0, 0.05) is 18.1 Å². The molecule has 1 aromatic carbocycles. The molecule has 1 aromatic heterocycles. The summed E-state index contributed by atoms with van der Waals surface area (Å²) < 4.78 is 5.16. The maximum atomic E-state index is 5.16. The van der Waals surface area contributed by atoms with Gasteiger partial charge in [-0.25, -0.2) is 4.98 Å². The van der Waals surface area contributed by atoms with Gasteiger partial charge >= 0.3 is 0 Å². The fourth-order valence-electron chi connectivity index (χ4n) is 1.18. The molecule has 67 valence electrons. The molecule has 0 spiro atoms. The first-order valence-corrected chi connectivity index (χ1v) is 4.17. The highest BCUT2D eigenvalue weighted by Crippen LogP contribution is 2.18. The van der Waals surface area contributed by atoms with Gasteiger partial charge in [0.15, 0.2) is 12.2 Å². The minimum Gasteiger partial charge on any atom is -0.444 e. The highest BCUT2D eigenvalue weighted by molar-refractivity contribution is 5.57. The van der Waals surface area contributed by atoms with Crippen LogP contribution in [0.1, 0.15) is 5.56 Å². The Hall–Kier alpha value is -2.01. The van der Waals surface area contributed by atoms with E-state index in [-0.39, 0.29) is 0 Å². The fraction of sp³-hybridized carbons (Fsp3) is 0. The third-order valence-electron chi connectivity index (χ3n) is 1.83. The van der Waals surface area contributed by atoms with Crippen molar-refractivity contribution < 1.29 is 4.42 Å². The van der Waals surface area contributed by atoms with Crippen LogP contribution in [0.2, 0.25) is 0 Å². The quantitative estimate of drug-likeness (QED) is 0.633. The molecule has 0 N–H and O–H groups in total. The fourth-order valence-corrected chi connectivity index (χ4v) is 1.18. The monoisotopic (exact) mass is 182 g/mol. The minimum absolute atomic E-state index is 0.763. The number of nitrogens with zero attached hydrogens (tertiary/aromatic N) is 1. The zero-order chi connectivity index (χ0) is 9.80. The molecule has 2 rings (SSSR count). The first-order chi connectivity index (χ1) is 6.90. The summed E-state index contributed by atoms with van der Waals surface area (Å²) in [7, 11) is 0. The van der Waals surface area contributed by atoms with Gasteiger partial charge in [0.2, 0.25) is 0 Å². The molecule has 0 saturated carbocycles. The topological polar surface area (TPSA) is 26.0 Å². The van der Waals surface area contributed by atoms with E-state index in [4.69, 9.17) is 4.42 Å². The first kappa shape index (κ1) is 8.58. The maximum absolute atomic E-state index is 5.16. The summed E-state index contributed by atoms with van der Waals surface area (Å²) in [5, 5.41) is 0. The molecule has 0 aliphatic carbocycles. The summed E-state index contributed by atoms with van der Waals surface area (Å²) in [6.07, 6.45) is 3.10. The molecule has 2 heteroatoms. The molecule has 1 radical (unpaired) electrons. The molecule has 0 amide bonds. The number of hydrogen-bond acceptors (Lipinski definition) is 2. The molecule has 0 aliphatic rings. The summed E-state index contributed by atoms with van der Waals surface area (Å²) in [5.41, 5.74) is 1.94. The SMILES string of the molecule is [CH2]C#Cc1ccc(-c2cnco2)cc1. The van der Waals surface area contributed by atoms with Crippen LogP contribution in [0.3, 0.4) is 0 Å². The van der Waals surface area contributed by atoms with Crippen molar-refractivity contribution in [3.63, 3.8) is 0 Å². The summed E-state index contributed by atoms with van der Waals surface area (Å²) in [5.74, 6) is 6.24. The Bertz CT molecular complexity index is 457. The van der Waals surface area contributed by atoms with Crippen LogP contribution in [0.15, 0.2) is 41.3 Å². The van der Waals surface area contributed by atoms with E-state index < -0.39 is 0 Å². The van der Waals surface area contributed by atoms with Gasteiger partial charge < -0.3 is 4.42 Å². The van der Waals surface area contributed by atoms with Gasteiger partial charge in [-0.1, -0.05) is 11.8 Å². The van der Waals surface area contributed by atoms with Gasteiger partial charge in [0.25, 0.3) is 0 Å². The average Bonchev–Trinajstić information content (AvgIpc) is 2.72. The smallest absolute Gasteiger partial charge is 0.181 e. The lowest BCUT2D eigenvalue weighted by Gasteiger charge is -1.95. The second kappa shape index (κ2) is 3.80. The Kier molecular flexibility index (Phi) is 2.33. The molecule has 0 saturated heterocycles. The van der Waals surface area contributed by atoms with Crippen molar-refractivity contribution in [2.24, 2.45) is 0 Å². The molecule has 0 bridgehead atoms. The molecule has 2 nitrogen and oxygen atoms in total. The summed E-state index contributed by atoms with van der Waals surface area (Å²) in [4.78, 5) is 3.85. The predicted octanol–water partition coefficient (Wildman–Crippen LogP) is 2.53. The van der Waals surface area contributed by atoms with E-state index >= 15 is 0 Å². The van der Waals surface area contributed by atoms with Crippen molar-refractivity contribution in [3.8, 4) is 23.2 Å². The van der Waals surface area contributed by atoms with E-state index in [2.05, 4.69) is 23.7 Å². The summed E-state index contributed by atoms with van der Waals surface area (Å²) in [6, 6.07) is 7.74. The largest absolute Gasteiger partial charge is 0.444 e. The maximum Gasteiger partial charge on any atom is 0.181 e. The van der Waals surface area contributed by atoms with Crippen molar-refractivity contribution in [1.82, 2.24) is 4.98 Å². The molecular formula is C12H8NO. The van der Waals surface area contributed by atoms with E-state index in [1.54, 1.807) is 6.20 Å². The van der Waals surface area contributed by atoms with E-state index in [9.17, 15) is 0 Å². The van der Waals surface area contributed by atoms with Crippen LogP contribution in [0.4, 0.5) is 0 Å². The van der Waals surface area contributed by atoms with Crippen LogP contribution in [-0.4, -0.2) is 4.98 Å². The van der Waals surface area contributed by atoms with Crippen LogP contribution in [-0.2, 0) is 0 Å². The van der Waals surface area contributed by atoms with E-state index in [0.717, 1.165) is 16.9 Å². The van der Waals surface area contributed by atoms with Crippen LogP contribution in [0.5, 0.6) is 0 Å². The van der Waals surface area contributed by atoms with E-state index in [0.29, 0.717) is 0 Å². The summed E-state index contributed by atoms with van der Waals surface area (Å²) in [6.45, 7) is 3.46. The Labute approximate surface area is 82.6 Å². The van der Waals surface area contributed by atoms with Crippen molar-refractivity contribution in [2.75, 3.05) is 0 Å². The predicted molar refractivity (Wildman–Crippen MR) is 54.2 cm³/mol. The number of benzene rings is 1. The van der Waals surface area contributed by atoms with Crippen molar-refractivity contribution >= 4 is 0 Å². The Morgan fingerprint density at radius 2 is 2.00 bits per heavy atom. The van der Waals surface area contributed by atoms with Crippen molar-refractivity contribution in [2.45, 2.75) is 0 Å². The summed E-state index contributed by atoms with van der Waals surface area (Å²) >= 11 is 0. The molecular weight excluding hydrogens is 174 g/mol. The lowest BCUT2D eigenvalue weighted by molar-refractivity contribution is 0.572. The van der Waals surface area contributed by atoms with Gasteiger partial charge in [0.05, 0.1) is 6.20 Å². The lowest BCUT2D eigenvalue weighted by atomic mass is 10.1. The van der Waals surface area contributed by atoms with Crippen LogP contribution >= 0.6 is 0 Å². The number of hydrogen-bond donors (Lipinski definition) is 0. The third kappa shape index (κ3) is 1.67. The Morgan fingerprint density at radius 3 is 2.57 bits per heavy atom. The number of aromatic nitrogens is 1. The molecule has 0 atom stereocenters. The van der Waals surface area contributed by atoms with Gasteiger partial charge in [-0.3, -0.25) is 0 Å². The Balaban J connectivity index is 2.34. The van der Waals surface area contributed by atoms with Crippen LogP contribution in [0, 0.1) is 18.8 Å². The van der Waals surface area contributed by atoms with Gasteiger partial charge in [-0.2, -0.15) is 0 Å². The van der Waals surface area contributed by atoms with Gasteiger partial charge in [0.1, 0.15) is 0 Å². The standard InChI is InChI=1S/C12H8NO/c1-2-3-10-4-6-11(7-5-10)12-8-13-9-14-12/h4-9H,1H2. The average molecular weight is 182 g/mol. The van der Waals surface area contributed by atoms with Crippen molar-refractivity contribution in [1.29, 1.82) is 0 Å². The van der Waals surface area contributed by atoms with Crippen LogP contribution in [0.25, 0.3) is 11.3 Å². The lowest BCUT2D eigenvalue weighted by Crippen LogP contribution is -1.76. The second-order valence-electron chi connectivity index (χ2n) is 2.74. The number of rotatable bonds is 1. The normalized spacial score (nSPS) is 9.21. The van der Waals surface area contributed by atoms with Gasteiger partial charge in [-0.05, 0) is 24.3 Å². The molecule has 2 aromatic rings. The molecule has 0 aliphatic heterocycles. The molecule has 0 fully saturated rings. The molecule has 1 heterocycles. The Morgan fingerprint density at radius 1 is 1.21 bits per heavy atom. The molecule has 14 heavy (non-hydrogen) atoms. The number of oxazole rings is 1. The third-order valence-corrected chi connectivity index (χ3v) is 1.83.